The van der Waals surface area contributed by atoms with E-state index in [9.17, 15) is 5.11 Å². The second-order valence-electron chi connectivity index (χ2n) is 4.77. The summed E-state index contributed by atoms with van der Waals surface area (Å²) in [5.41, 5.74) is 6.06. The number of nitrogens with zero attached hydrogens (tertiary/aromatic N) is 3. The van der Waals surface area contributed by atoms with Gasteiger partial charge in [0, 0.05) is 7.11 Å². The predicted octanol–water partition coefficient (Wildman–Crippen LogP) is -0.504. The monoisotopic (exact) mass is 258 g/mol. The van der Waals surface area contributed by atoms with Crippen LogP contribution in [0.1, 0.15) is 19.5 Å². The largest absolute Gasteiger partial charge is 0.389 e. The van der Waals surface area contributed by atoms with Crippen molar-refractivity contribution in [3.05, 3.63) is 11.9 Å². The van der Waals surface area contributed by atoms with Gasteiger partial charge in [-0.3, -0.25) is 0 Å². The maximum Gasteiger partial charge on any atom is 0.102 e. The number of hydrogen-bond acceptors (Lipinski definition) is 6. The van der Waals surface area contributed by atoms with Crippen molar-refractivity contribution < 1.29 is 14.6 Å². The molecule has 0 aliphatic rings. The summed E-state index contributed by atoms with van der Waals surface area (Å²) < 4.78 is 11.6. The molecule has 0 bridgehead atoms. The Balaban J connectivity index is 2.35. The number of aliphatic hydroxyl groups is 1. The molecule has 1 aromatic heterocycles. The summed E-state index contributed by atoms with van der Waals surface area (Å²) in [5, 5.41) is 17.6. The van der Waals surface area contributed by atoms with Gasteiger partial charge >= 0.3 is 0 Å². The Kier molecular flexibility index (Phi) is 5.67. The Morgan fingerprint density at radius 2 is 2.22 bits per heavy atom. The highest BCUT2D eigenvalue weighted by atomic mass is 16.5. The lowest BCUT2D eigenvalue weighted by atomic mass is 10.0. The SMILES string of the molecule is COCCOCC(O)Cn1cc(C(C)(C)N)nn1. The first kappa shape index (κ1) is 15.0. The summed E-state index contributed by atoms with van der Waals surface area (Å²) in [6.45, 7) is 5.26. The zero-order valence-corrected chi connectivity index (χ0v) is 11.2. The minimum atomic E-state index is -0.628. The highest BCUT2D eigenvalue weighted by Crippen LogP contribution is 2.12. The van der Waals surface area contributed by atoms with E-state index in [4.69, 9.17) is 15.2 Å². The summed E-state index contributed by atoms with van der Waals surface area (Å²) in [4.78, 5) is 0. The number of ether oxygens (including phenoxy) is 2. The van der Waals surface area contributed by atoms with E-state index in [0.717, 1.165) is 0 Å². The molecular weight excluding hydrogens is 236 g/mol. The van der Waals surface area contributed by atoms with E-state index in [1.165, 1.54) is 0 Å². The van der Waals surface area contributed by atoms with Gasteiger partial charge in [-0.1, -0.05) is 5.21 Å². The van der Waals surface area contributed by atoms with Crippen LogP contribution in [0, 0.1) is 0 Å². The van der Waals surface area contributed by atoms with E-state index >= 15 is 0 Å². The van der Waals surface area contributed by atoms with Crippen molar-refractivity contribution in [1.82, 2.24) is 15.0 Å². The van der Waals surface area contributed by atoms with Gasteiger partial charge in [-0.2, -0.15) is 0 Å². The van der Waals surface area contributed by atoms with Gasteiger partial charge in [-0.25, -0.2) is 4.68 Å². The summed E-state index contributed by atoms with van der Waals surface area (Å²) in [5.74, 6) is 0. The molecule has 0 radical (unpaired) electrons. The lowest BCUT2D eigenvalue weighted by Gasteiger charge is -2.13. The zero-order valence-electron chi connectivity index (χ0n) is 11.2. The third kappa shape index (κ3) is 5.09. The fraction of sp³-hybridized carbons (Fsp3) is 0.818. The topological polar surface area (TPSA) is 95.4 Å². The number of methoxy groups -OCH3 is 1. The Bertz CT molecular complexity index is 348. The average Bonchev–Trinajstić information content (AvgIpc) is 2.72. The molecule has 0 spiro atoms. The highest BCUT2D eigenvalue weighted by Gasteiger charge is 2.18. The van der Waals surface area contributed by atoms with Gasteiger partial charge in [0.2, 0.25) is 0 Å². The van der Waals surface area contributed by atoms with E-state index in [-0.39, 0.29) is 6.61 Å². The molecule has 0 aliphatic carbocycles. The standard InChI is InChI=1S/C11H22N4O3/c1-11(2,12)10-7-15(14-13-10)6-9(16)8-18-5-4-17-3/h7,9,16H,4-6,8,12H2,1-3H3. The van der Waals surface area contributed by atoms with Crippen molar-refractivity contribution in [2.75, 3.05) is 26.9 Å². The first-order chi connectivity index (χ1) is 8.43. The molecule has 3 N–H and O–H groups in total. The van der Waals surface area contributed by atoms with Crippen LogP contribution in [0.5, 0.6) is 0 Å². The van der Waals surface area contributed by atoms with Crippen molar-refractivity contribution in [1.29, 1.82) is 0 Å². The second-order valence-corrected chi connectivity index (χ2v) is 4.77. The molecule has 0 fully saturated rings. The number of hydrogen-bond donors (Lipinski definition) is 2. The lowest BCUT2D eigenvalue weighted by molar-refractivity contribution is 0.00578. The molecule has 0 saturated heterocycles. The van der Waals surface area contributed by atoms with E-state index in [2.05, 4.69) is 10.3 Å². The van der Waals surface area contributed by atoms with E-state index in [1.54, 1.807) is 18.0 Å². The van der Waals surface area contributed by atoms with Crippen LogP contribution in [0.3, 0.4) is 0 Å². The number of rotatable bonds is 8. The van der Waals surface area contributed by atoms with Gasteiger partial charge in [0.1, 0.15) is 5.69 Å². The Morgan fingerprint density at radius 3 is 2.78 bits per heavy atom. The van der Waals surface area contributed by atoms with Crippen LogP contribution in [0.2, 0.25) is 0 Å². The minimum Gasteiger partial charge on any atom is -0.389 e. The van der Waals surface area contributed by atoms with Gasteiger partial charge in [0.05, 0.1) is 44.2 Å². The number of aromatic nitrogens is 3. The molecule has 1 rings (SSSR count). The molecule has 18 heavy (non-hydrogen) atoms. The van der Waals surface area contributed by atoms with Crippen molar-refractivity contribution in [2.24, 2.45) is 5.73 Å². The van der Waals surface area contributed by atoms with Crippen LogP contribution < -0.4 is 5.73 Å². The molecule has 1 unspecified atom stereocenters. The summed E-state index contributed by atoms with van der Waals surface area (Å²) >= 11 is 0. The van der Waals surface area contributed by atoms with Crippen LogP contribution in [-0.2, 0) is 21.6 Å². The Morgan fingerprint density at radius 1 is 1.50 bits per heavy atom. The molecule has 1 aromatic rings. The predicted molar refractivity (Wildman–Crippen MR) is 65.9 cm³/mol. The molecule has 1 heterocycles. The molecule has 0 saturated carbocycles. The molecule has 1 atom stereocenters. The Labute approximate surface area is 107 Å². The molecule has 0 aromatic carbocycles. The molecule has 0 aliphatic heterocycles. The summed E-state index contributed by atoms with van der Waals surface area (Å²) in [6, 6.07) is 0. The molecule has 0 amide bonds. The van der Waals surface area contributed by atoms with E-state index in [0.29, 0.717) is 25.5 Å². The second kappa shape index (κ2) is 6.79. The van der Waals surface area contributed by atoms with Crippen LogP contribution in [-0.4, -0.2) is 53.1 Å². The van der Waals surface area contributed by atoms with E-state index < -0.39 is 11.6 Å². The maximum absolute atomic E-state index is 9.73. The molecular formula is C11H22N4O3. The van der Waals surface area contributed by atoms with Gasteiger partial charge < -0.3 is 20.3 Å². The highest BCUT2D eigenvalue weighted by molar-refractivity contribution is 5.05. The van der Waals surface area contributed by atoms with Crippen molar-refractivity contribution in [2.45, 2.75) is 32.0 Å². The van der Waals surface area contributed by atoms with Gasteiger partial charge in [-0.05, 0) is 13.8 Å². The van der Waals surface area contributed by atoms with Gasteiger partial charge in [0.15, 0.2) is 0 Å². The minimum absolute atomic E-state index is 0.241. The fourth-order valence-corrected chi connectivity index (χ4v) is 1.31. The fourth-order valence-electron chi connectivity index (χ4n) is 1.31. The zero-order chi connectivity index (χ0) is 13.6. The molecule has 7 nitrogen and oxygen atoms in total. The van der Waals surface area contributed by atoms with Crippen LogP contribution >= 0.6 is 0 Å². The van der Waals surface area contributed by atoms with Gasteiger partial charge in [0.25, 0.3) is 0 Å². The van der Waals surface area contributed by atoms with Gasteiger partial charge in [-0.15, -0.1) is 5.10 Å². The summed E-state index contributed by atoms with van der Waals surface area (Å²) in [7, 11) is 1.60. The molecule has 104 valence electrons. The van der Waals surface area contributed by atoms with Crippen LogP contribution in [0.15, 0.2) is 6.20 Å². The Hall–Kier alpha value is -1.02. The quantitative estimate of drug-likeness (QED) is 0.610. The summed E-state index contributed by atoms with van der Waals surface area (Å²) in [6.07, 6.45) is 1.11. The van der Waals surface area contributed by atoms with Crippen molar-refractivity contribution in [3.63, 3.8) is 0 Å². The number of aliphatic hydroxyl groups excluding tert-OH is 1. The van der Waals surface area contributed by atoms with Crippen molar-refractivity contribution >= 4 is 0 Å². The molecule has 7 heteroatoms. The first-order valence-electron chi connectivity index (χ1n) is 5.87. The van der Waals surface area contributed by atoms with Crippen molar-refractivity contribution in [3.8, 4) is 0 Å². The third-order valence-corrected chi connectivity index (χ3v) is 2.34. The van der Waals surface area contributed by atoms with Crippen LogP contribution in [0.25, 0.3) is 0 Å². The average molecular weight is 258 g/mol. The normalized spacial score (nSPS) is 13.8. The van der Waals surface area contributed by atoms with E-state index in [1.807, 2.05) is 13.8 Å². The first-order valence-corrected chi connectivity index (χ1v) is 5.87. The number of nitrogens with two attached hydrogens (primary N) is 1. The maximum atomic E-state index is 9.73. The smallest absolute Gasteiger partial charge is 0.102 e. The lowest BCUT2D eigenvalue weighted by Crippen LogP contribution is -2.29. The van der Waals surface area contributed by atoms with Crippen LogP contribution in [0.4, 0.5) is 0 Å². The third-order valence-electron chi connectivity index (χ3n) is 2.34.